The fourth-order valence-electron chi connectivity index (χ4n) is 3.55. The first-order chi connectivity index (χ1) is 9.78. The minimum absolute atomic E-state index is 0.444. The highest BCUT2D eigenvalue weighted by Crippen LogP contribution is 2.36. The highest BCUT2D eigenvalue weighted by molar-refractivity contribution is 5.78. The molecule has 1 aliphatic carbocycles. The first-order valence-electron chi connectivity index (χ1n) is 7.80. The Labute approximate surface area is 121 Å². The van der Waals surface area contributed by atoms with Crippen LogP contribution in [0.3, 0.4) is 0 Å². The van der Waals surface area contributed by atoms with E-state index in [1.54, 1.807) is 0 Å². The zero-order valence-electron chi connectivity index (χ0n) is 12.5. The van der Waals surface area contributed by atoms with Gasteiger partial charge in [0.1, 0.15) is 0 Å². The van der Waals surface area contributed by atoms with Gasteiger partial charge in [-0.2, -0.15) is 0 Å². The molecular weight excluding hydrogens is 244 g/mol. The van der Waals surface area contributed by atoms with Crippen LogP contribution in [0.25, 0.3) is 10.9 Å². The molecule has 1 saturated carbocycles. The zero-order valence-corrected chi connectivity index (χ0v) is 12.5. The normalized spacial score (nSPS) is 24.7. The predicted molar refractivity (Wildman–Crippen MR) is 84.7 cm³/mol. The molecule has 1 unspecified atom stereocenters. The van der Waals surface area contributed by atoms with Crippen LogP contribution in [0.2, 0.25) is 0 Å². The molecule has 1 N–H and O–H groups in total. The van der Waals surface area contributed by atoms with Gasteiger partial charge in [0, 0.05) is 17.6 Å². The van der Waals surface area contributed by atoms with Crippen LogP contribution in [0.4, 0.5) is 0 Å². The number of hydrogen-bond acceptors (Lipinski definition) is 2. The average Bonchev–Trinajstić information content (AvgIpc) is 2.50. The second-order valence-electron chi connectivity index (χ2n) is 6.25. The molecule has 1 aromatic heterocycles. The average molecular weight is 268 g/mol. The van der Waals surface area contributed by atoms with Crippen molar-refractivity contribution < 1.29 is 0 Å². The number of rotatable bonds is 3. The summed E-state index contributed by atoms with van der Waals surface area (Å²) in [6.07, 6.45) is 7.45. The molecule has 0 radical (unpaired) electrons. The summed E-state index contributed by atoms with van der Waals surface area (Å²) in [6, 6.07) is 11.1. The maximum absolute atomic E-state index is 4.62. The van der Waals surface area contributed by atoms with Crippen molar-refractivity contribution >= 4 is 10.9 Å². The monoisotopic (exact) mass is 268 g/mol. The van der Waals surface area contributed by atoms with E-state index in [9.17, 15) is 0 Å². The Morgan fingerprint density at radius 1 is 1.15 bits per heavy atom. The lowest BCUT2D eigenvalue weighted by Gasteiger charge is -2.32. The number of fused-ring (bicyclic) bond motifs is 1. The summed E-state index contributed by atoms with van der Waals surface area (Å²) >= 11 is 0. The molecule has 1 heterocycles. The van der Waals surface area contributed by atoms with Gasteiger partial charge in [-0.3, -0.25) is 4.98 Å². The summed E-state index contributed by atoms with van der Waals surface area (Å²) in [5.74, 6) is 1.65. The van der Waals surface area contributed by atoms with Crippen LogP contribution < -0.4 is 5.32 Å². The third kappa shape index (κ3) is 2.71. The Morgan fingerprint density at radius 3 is 2.65 bits per heavy atom. The highest BCUT2D eigenvalue weighted by atomic mass is 14.9. The second-order valence-corrected chi connectivity index (χ2v) is 6.25. The lowest BCUT2D eigenvalue weighted by molar-refractivity contribution is 0.238. The van der Waals surface area contributed by atoms with E-state index < -0.39 is 0 Å². The van der Waals surface area contributed by atoms with Crippen molar-refractivity contribution in [3.63, 3.8) is 0 Å². The summed E-state index contributed by atoms with van der Waals surface area (Å²) in [5.41, 5.74) is 2.43. The molecule has 20 heavy (non-hydrogen) atoms. The van der Waals surface area contributed by atoms with Crippen molar-refractivity contribution in [2.24, 2.45) is 11.8 Å². The minimum atomic E-state index is 0.444. The maximum atomic E-state index is 4.62. The number of pyridine rings is 1. The summed E-state index contributed by atoms with van der Waals surface area (Å²) in [5, 5.41) is 4.77. The maximum Gasteiger partial charge on any atom is 0.0702 e. The molecule has 3 rings (SSSR count). The molecule has 0 saturated heterocycles. The molecule has 2 heteroatoms. The van der Waals surface area contributed by atoms with Crippen LogP contribution in [0.1, 0.15) is 44.2 Å². The van der Waals surface area contributed by atoms with E-state index in [-0.39, 0.29) is 0 Å². The summed E-state index contributed by atoms with van der Waals surface area (Å²) in [4.78, 5) is 4.62. The third-order valence-electron chi connectivity index (χ3n) is 4.81. The molecule has 0 spiro atoms. The van der Waals surface area contributed by atoms with Crippen molar-refractivity contribution in [1.29, 1.82) is 0 Å². The van der Waals surface area contributed by atoms with Gasteiger partial charge < -0.3 is 5.32 Å². The van der Waals surface area contributed by atoms with E-state index in [2.05, 4.69) is 54.7 Å². The molecule has 2 aromatic rings. The topological polar surface area (TPSA) is 24.9 Å². The van der Waals surface area contributed by atoms with Gasteiger partial charge in [0.05, 0.1) is 5.52 Å². The Hall–Kier alpha value is -1.41. The van der Waals surface area contributed by atoms with Gasteiger partial charge in [0.25, 0.3) is 0 Å². The number of aromatic nitrogens is 1. The minimum Gasteiger partial charge on any atom is -0.313 e. The van der Waals surface area contributed by atoms with Gasteiger partial charge >= 0.3 is 0 Å². The molecule has 1 aromatic carbocycles. The fourth-order valence-corrected chi connectivity index (χ4v) is 3.55. The van der Waals surface area contributed by atoms with Gasteiger partial charge in [-0.15, -0.1) is 0 Å². The summed E-state index contributed by atoms with van der Waals surface area (Å²) < 4.78 is 0. The summed E-state index contributed by atoms with van der Waals surface area (Å²) in [6.45, 7) is 2.38. The lowest BCUT2D eigenvalue weighted by atomic mass is 9.77. The molecular formula is C18H24N2. The van der Waals surface area contributed by atoms with Crippen LogP contribution >= 0.6 is 0 Å². The number of nitrogens with zero attached hydrogens (tertiary/aromatic N) is 1. The van der Waals surface area contributed by atoms with Gasteiger partial charge in [-0.1, -0.05) is 38.0 Å². The van der Waals surface area contributed by atoms with Crippen LogP contribution in [-0.2, 0) is 0 Å². The predicted octanol–water partition coefficient (Wildman–Crippen LogP) is 4.32. The summed E-state index contributed by atoms with van der Waals surface area (Å²) in [7, 11) is 2.08. The van der Waals surface area contributed by atoms with E-state index in [0.29, 0.717) is 6.04 Å². The Morgan fingerprint density at radius 2 is 1.90 bits per heavy atom. The molecule has 0 bridgehead atoms. The van der Waals surface area contributed by atoms with Gasteiger partial charge in [0.2, 0.25) is 0 Å². The number of para-hydroxylation sites is 1. The van der Waals surface area contributed by atoms with Crippen LogP contribution in [-0.4, -0.2) is 12.0 Å². The van der Waals surface area contributed by atoms with Crippen LogP contribution in [0.5, 0.6) is 0 Å². The molecule has 1 atom stereocenters. The molecule has 2 nitrogen and oxygen atoms in total. The van der Waals surface area contributed by atoms with Crippen molar-refractivity contribution in [1.82, 2.24) is 10.3 Å². The highest BCUT2D eigenvalue weighted by Gasteiger charge is 2.26. The quantitative estimate of drug-likeness (QED) is 0.896. The zero-order chi connectivity index (χ0) is 13.9. The van der Waals surface area contributed by atoms with Crippen molar-refractivity contribution in [2.75, 3.05) is 7.05 Å². The third-order valence-corrected chi connectivity index (χ3v) is 4.81. The van der Waals surface area contributed by atoms with E-state index in [1.165, 1.54) is 36.6 Å². The Balaban J connectivity index is 1.87. The van der Waals surface area contributed by atoms with E-state index in [4.69, 9.17) is 0 Å². The van der Waals surface area contributed by atoms with Gasteiger partial charge in [0.15, 0.2) is 0 Å². The number of hydrogen-bond donors (Lipinski definition) is 1. The van der Waals surface area contributed by atoms with Crippen molar-refractivity contribution in [2.45, 2.75) is 38.6 Å². The standard InChI is InChI=1S/C18H24N2/c1-13-7-9-14(10-8-13)18(19-2)16-11-15-5-3-4-6-17(15)20-12-16/h3-6,11-14,18-19H,7-10H2,1-2H3. The number of benzene rings is 1. The van der Waals surface area contributed by atoms with Gasteiger partial charge in [-0.25, -0.2) is 0 Å². The fraction of sp³-hybridized carbons (Fsp3) is 0.500. The van der Waals surface area contributed by atoms with Crippen LogP contribution in [0.15, 0.2) is 36.5 Å². The molecule has 0 aliphatic heterocycles. The Bertz CT molecular complexity index is 570. The smallest absolute Gasteiger partial charge is 0.0702 e. The van der Waals surface area contributed by atoms with E-state index >= 15 is 0 Å². The van der Waals surface area contributed by atoms with Crippen LogP contribution in [0, 0.1) is 11.8 Å². The van der Waals surface area contributed by atoms with E-state index in [0.717, 1.165) is 17.4 Å². The largest absolute Gasteiger partial charge is 0.313 e. The molecule has 1 aliphatic rings. The first-order valence-corrected chi connectivity index (χ1v) is 7.80. The van der Waals surface area contributed by atoms with Crippen molar-refractivity contribution in [3.05, 3.63) is 42.1 Å². The molecule has 0 amide bonds. The molecule has 1 fully saturated rings. The lowest BCUT2D eigenvalue weighted by Crippen LogP contribution is -2.28. The first kappa shape index (κ1) is 13.6. The number of nitrogens with one attached hydrogen (secondary N) is 1. The van der Waals surface area contributed by atoms with E-state index in [1.807, 2.05) is 6.07 Å². The second kappa shape index (κ2) is 5.92. The molecule has 106 valence electrons. The van der Waals surface area contributed by atoms with Gasteiger partial charge in [-0.05, 0) is 49.4 Å². The van der Waals surface area contributed by atoms with Crippen molar-refractivity contribution in [3.8, 4) is 0 Å². The Kier molecular flexibility index (Phi) is 4.02. The SMILES string of the molecule is CNC(c1cnc2ccccc2c1)C1CCC(C)CC1.